The van der Waals surface area contributed by atoms with Crippen molar-refractivity contribution in [2.75, 3.05) is 57.5 Å². The Morgan fingerprint density at radius 3 is 2.34 bits per heavy atom. The molecule has 0 aliphatic carbocycles. The van der Waals surface area contributed by atoms with E-state index in [0.29, 0.717) is 17.3 Å². The van der Waals surface area contributed by atoms with Gasteiger partial charge in [0.25, 0.3) is 0 Å². The van der Waals surface area contributed by atoms with E-state index in [1.165, 1.54) is 0 Å². The maximum absolute atomic E-state index is 12.0. The van der Waals surface area contributed by atoms with Crippen molar-refractivity contribution in [1.29, 1.82) is 0 Å². The van der Waals surface area contributed by atoms with Gasteiger partial charge in [-0.1, -0.05) is 0 Å². The van der Waals surface area contributed by atoms with Gasteiger partial charge in [0.15, 0.2) is 0 Å². The maximum atomic E-state index is 12.0. The molecule has 0 radical (unpaired) electrons. The second kappa shape index (κ2) is 9.00. The molecule has 1 N–H and O–H groups in total. The van der Waals surface area contributed by atoms with E-state index in [1.807, 2.05) is 38.4 Å². The second-order valence-corrected chi connectivity index (χ2v) is 7.63. The van der Waals surface area contributed by atoms with Crippen LogP contribution in [-0.4, -0.2) is 78.0 Å². The quantitative estimate of drug-likeness (QED) is 0.778. The van der Waals surface area contributed by atoms with Crippen LogP contribution in [0.4, 0.5) is 17.5 Å². The monoisotopic (exact) mass is 395 g/mol. The predicted molar refractivity (Wildman–Crippen MR) is 116 cm³/mol. The molecule has 0 bridgehead atoms. The Labute approximate surface area is 172 Å². The summed E-state index contributed by atoms with van der Waals surface area (Å²) in [4.78, 5) is 31.5. The van der Waals surface area contributed by atoms with E-state index in [1.54, 1.807) is 25.2 Å². The molecular weight excluding hydrogens is 366 g/mol. The normalized spacial score (nSPS) is 15.3. The minimum atomic E-state index is -0.0135. The van der Waals surface area contributed by atoms with Crippen molar-refractivity contribution in [3.63, 3.8) is 0 Å². The summed E-state index contributed by atoms with van der Waals surface area (Å²) in [5, 5.41) is 3.15. The van der Waals surface area contributed by atoms with Crippen LogP contribution in [0.25, 0.3) is 6.08 Å². The molecule has 0 saturated carbocycles. The Morgan fingerprint density at radius 2 is 1.76 bits per heavy atom. The highest BCUT2D eigenvalue weighted by atomic mass is 16.2. The summed E-state index contributed by atoms with van der Waals surface area (Å²) in [6.45, 7) is 7.86. The summed E-state index contributed by atoms with van der Waals surface area (Å²) in [6, 6.07) is 1.93. The second-order valence-electron chi connectivity index (χ2n) is 7.63. The molecular formula is C21H29N7O. The maximum Gasteiger partial charge on any atom is 0.248 e. The van der Waals surface area contributed by atoms with Gasteiger partial charge in [0.05, 0.1) is 18.1 Å². The average molecular weight is 396 g/mol. The number of nitrogens with one attached hydrogen (secondary N) is 1. The van der Waals surface area contributed by atoms with Gasteiger partial charge >= 0.3 is 0 Å². The molecule has 1 aliphatic rings. The Hall–Kier alpha value is -3.00. The molecule has 0 spiro atoms. The summed E-state index contributed by atoms with van der Waals surface area (Å²) in [5.41, 5.74) is 3.63. The smallest absolute Gasteiger partial charge is 0.248 e. The van der Waals surface area contributed by atoms with E-state index in [4.69, 9.17) is 0 Å². The number of rotatable bonds is 5. The van der Waals surface area contributed by atoms with Crippen molar-refractivity contribution < 1.29 is 4.79 Å². The van der Waals surface area contributed by atoms with Gasteiger partial charge in [-0.2, -0.15) is 0 Å². The zero-order chi connectivity index (χ0) is 21.0. The third-order valence-corrected chi connectivity index (χ3v) is 5.01. The number of pyridine rings is 1. The van der Waals surface area contributed by atoms with Gasteiger partial charge in [-0.05, 0) is 44.2 Å². The van der Waals surface area contributed by atoms with E-state index in [-0.39, 0.29) is 5.91 Å². The third-order valence-electron chi connectivity index (χ3n) is 5.01. The van der Waals surface area contributed by atoms with Crippen LogP contribution in [0.1, 0.15) is 18.1 Å². The largest absolute Gasteiger partial charge is 0.366 e. The minimum Gasteiger partial charge on any atom is -0.366 e. The first-order valence-electron chi connectivity index (χ1n) is 9.72. The molecule has 154 valence electrons. The zero-order valence-electron chi connectivity index (χ0n) is 17.8. The molecule has 0 aromatic carbocycles. The Kier molecular flexibility index (Phi) is 6.43. The number of aromatic nitrogens is 3. The number of hydrogen-bond donors (Lipinski definition) is 1. The SMILES string of the molecule is C/C(=C\c1cnc(Nc2ncc(N3CCN(C)CC3)cn2)cc1C)C(=O)N(C)C. The van der Waals surface area contributed by atoms with Gasteiger partial charge in [-0.15, -0.1) is 0 Å². The van der Waals surface area contributed by atoms with Crippen LogP contribution < -0.4 is 10.2 Å². The molecule has 29 heavy (non-hydrogen) atoms. The van der Waals surface area contributed by atoms with Crippen LogP contribution in [0.3, 0.4) is 0 Å². The van der Waals surface area contributed by atoms with Crippen LogP contribution in [0.15, 0.2) is 30.2 Å². The van der Waals surface area contributed by atoms with E-state index in [0.717, 1.165) is 43.0 Å². The van der Waals surface area contributed by atoms with Gasteiger partial charge in [-0.3, -0.25) is 4.79 Å². The lowest BCUT2D eigenvalue weighted by molar-refractivity contribution is -0.124. The van der Waals surface area contributed by atoms with Crippen LogP contribution in [0.2, 0.25) is 0 Å². The van der Waals surface area contributed by atoms with Gasteiger partial charge in [0.2, 0.25) is 11.9 Å². The first-order chi connectivity index (χ1) is 13.8. The lowest BCUT2D eigenvalue weighted by atomic mass is 10.1. The van der Waals surface area contributed by atoms with Crippen LogP contribution >= 0.6 is 0 Å². The fourth-order valence-electron chi connectivity index (χ4n) is 3.16. The number of aryl methyl sites for hydroxylation is 1. The van der Waals surface area contributed by atoms with Crippen LogP contribution in [-0.2, 0) is 4.79 Å². The average Bonchev–Trinajstić information content (AvgIpc) is 2.70. The number of carbonyl (C=O) groups excluding carboxylic acids is 1. The van der Waals surface area contributed by atoms with Gasteiger partial charge in [-0.25, -0.2) is 15.0 Å². The lowest BCUT2D eigenvalue weighted by Crippen LogP contribution is -2.44. The van der Waals surface area contributed by atoms with Crippen LogP contribution in [0.5, 0.6) is 0 Å². The first-order valence-corrected chi connectivity index (χ1v) is 9.72. The Bertz CT molecular complexity index is 884. The van der Waals surface area contributed by atoms with Crippen molar-refractivity contribution in [3.05, 3.63) is 41.4 Å². The summed E-state index contributed by atoms with van der Waals surface area (Å²) in [7, 11) is 5.62. The van der Waals surface area contributed by atoms with Crippen molar-refractivity contribution >= 4 is 29.4 Å². The molecule has 2 aromatic heterocycles. The van der Waals surface area contributed by atoms with Gasteiger partial charge in [0.1, 0.15) is 5.82 Å². The third kappa shape index (κ3) is 5.29. The van der Waals surface area contributed by atoms with Gasteiger partial charge < -0.3 is 20.0 Å². The number of amides is 1. The molecule has 1 amide bonds. The molecule has 0 unspecified atom stereocenters. The van der Waals surface area contributed by atoms with E-state index >= 15 is 0 Å². The Morgan fingerprint density at radius 1 is 1.10 bits per heavy atom. The van der Waals surface area contributed by atoms with Crippen molar-refractivity contribution in [2.45, 2.75) is 13.8 Å². The topological polar surface area (TPSA) is 77.5 Å². The first kappa shape index (κ1) is 20.7. The molecule has 1 aliphatic heterocycles. The molecule has 0 atom stereocenters. The molecule has 3 heterocycles. The number of anilines is 3. The highest BCUT2D eigenvalue weighted by molar-refractivity contribution is 5.97. The summed E-state index contributed by atoms with van der Waals surface area (Å²) in [6.07, 6.45) is 7.31. The number of likely N-dealkylation sites (N-methyl/N-ethyl adjacent to an activating group) is 2. The van der Waals surface area contributed by atoms with Gasteiger partial charge in [0, 0.05) is 52.0 Å². The molecule has 8 heteroatoms. The van der Waals surface area contributed by atoms with E-state index < -0.39 is 0 Å². The predicted octanol–water partition coefficient (Wildman–Crippen LogP) is 2.17. The van der Waals surface area contributed by atoms with E-state index in [9.17, 15) is 4.79 Å². The minimum absolute atomic E-state index is 0.0135. The number of nitrogens with zero attached hydrogens (tertiary/aromatic N) is 6. The van der Waals surface area contributed by atoms with Crippen LogP contribution in [0, 0.1) is 6.92 Å². The van der Waals surface area contributed by atoms with Crippen molar-refractivity contribution in [2.24, 2.45) is 0 Å². The number of piperazine rings is 1. The summed E-state index contributed by atoms with van der Waals surface area (Å²) < 4.78 is 0. The number of hydrogen-bond acceptors (Lipinski definition) is 7. The fourth-order valence-corrected chi connectivity index (χ4v) is 3.16. The molecule has 8 nitrogen and oxygen atoms in total. The van der Waals surface area contributed by atoms with E-state index in [2.05, 4.69) is 37.1 Å². The van der Waals surface area contributed by atoms with Crippen molar-refractivity contribution in [3.8, 4) is 0 Å². The molecule has 3 rings (SSSR count). The lowest BCUT2D eigenvalue weighted by Gasteiger charge is -2.33. The zero-order valence-corrected chi connectivity index (χ0v) is 17.8. The van der Waals surface area contributed by atoms with Crippen molar-refractivity contribution in [1.82, 2.24) is 24.8 Å². The Balaban J connectivity index is 1.67. The molecule has 1 saturated heterocycles. The highest BCUT2D eigenvalue weighted by Gasteiger charge is 2.15. The fraction of sp³-hybridized carbons (Fsp3) is 0.429. The standard InChI is InChI=1S/C21H29N7O/c1-15-11-19(22-12-17(15)10-16(2)20(29)26(3)4)25-21-23-13-18(14-24-21)28-8-6-27(5)7-9-28/h10-14H,6-9H2,1-5H3,(H,22,23,24,25)/b16-10+. The highest BCUT2D eigenvalue weighted by Crippen LogP contribution is 2.19. The molecule has 2 aromatic rings. The number of carbonyl (C=O) groups is 1. The summed E-state index contributed by atoms with van der Waals surface area (Å²) >= 11 is 0. The molecule has 1 fully saturated rings. The summed E-state index contributed by atoms with van der Waals surface area (Å²) in [5.74, 6) is 1.17.